The Hall–Kier alpha value is -0.810. The number of aromatic nitrogens is 2. The van der Waals surface area contributed by atoms with Crippen molar-refractivity contribution in [1.29, 1.82) is 0 Å². The number of anilines is 1. The summed E-state index contributed by atoms with van der Waals surface area (Å²) in [7, 11) is 1.71. The van der Waals surface area contributed by atoms with E-state index < -0.39 is 0 Å². The van der Waals surface area contributed by atoms with Crippen LogP contribution in [-0.2, 0) is 0 Å². The summed E-state index contributed by atoms with van der Waals surface area (Å²) in [4.78, 5) is 4.01. The Bertz CT molecular complexity index is 457. The first-order chi connectivity index (χ1) is 6.24. The molecule has 0 radical (unpaired) electrons. The number of nitrogens with zero attached hydrogens (tertiary/aromatic N) is 2. The highest BCUT2D eigenvalue weighted by Gasteiger charge is 2.10. The van der Waals surface area contributed by atoms with Gasteiger partial charge in [-0.25, -0.2) is 9.37 Å². The minimum Gasteiger partial charge on any atom is -0.371 e. The average Bonchev–Trinajstić information content (AvgIpc) is 2.55. The van der Waals surface area contributed by atoms with E-state index in [0.717, 1.165) is 0 Å². The predicted octanol–water partition coefficient (Wildman–Crippen LogP) is 2.70. The Morgan fingerprint density at radius 3 is 2.93 bits per heavy atom. The molecule has 0 bridgehead atoms. The summed E-state index contributed by atoms with van der Waals surface area (Å²) in [5.74, 6) is 0.239. The molecule has 3 nitrogen and oxygen atoms in total. The summed E-state index contributed by atoms with van der Waals surface area (Å²) in [5, 5.41) is 2.83. The first-order valence-corrected chi connectivity index (χ1v) is 4.51. The molecule has 14 heavy (non-hydrogen) atoms. The van der Waals surface area contributed by atoms with Crippen LogP contribution in [0.25, 0.3) is 5.52 Å². The van der Waals surface area contributed by atoms with Crippen LogP contribution in [0.15, 0.2) is 23.1 Å². The highest BCUT2D eigenvalue weighted by atomic mass is 79.9. The molecule has 76 valence electrons. The lowest BCUT2D eigenvalue weighted by Gasteiger charge is -2.00. The van der Waals surface area contributed by atoms with Crippen LogP contribution in [0.1, 0.15) is 0 Å². The van der Waals surface area contributed by atoms with Crippen molar-refractivity contribution >= 4 is 39.7 Å². The fraction of sp³-hybridized carbons (Fsp3) is 0.125. The van der Waals surface area contributed by atoms with Crippen LogP contribution >= 0.6 is 28.3 Å². The van der Waals surface area contributed by atoms with E-state index in [1.54, 1.807) is 30.0 Å². The second-order valence-electron chi connectivity index (χ2n) is 2.58. The summed E-state index contributed by atoms with van der Waals surface area (Å²) in [6.45, 7) is 0. The normalized spacial score (nSPS) is 9.93. The van der Waals surface area contributed by atoms with Gasteiger partial charge in [0.05, 0.1) is 4.47 Å². The largest absolute Gasteiger partial charge is 0.371 e. The van der Waals surface area contributed by atoms with Crippen LogP contribution in [0.5, 0.6) is 0 Å². The number of nitrogens with one attached hydrogen (secondary N) is 1. The van der Waals surface area contributed by atoms with Crippen molar-refractivity contribution in [3.63, 3.8) is 0 Å². The van der Waals surface area contributed by atoms with E-state index in [9.17, 15) is 4.39 Å². The van der Waals surface area contributed by atoms with Gasteiger partial charge in [0.1, 0.15) is 11.8 Å². The maximum Gasteiger partial charge on any atom is 0.165 e. The van der Waals surface area contributed by atoms with Crippen LogP contribution in [0, 0.1) is 5.82 Å². The van der Waals surface area contributed by atoms with E-state index in [-0.39, 0.29) is 18.2 Å². The molecule has 0 saturated heterocycles. The zero-order valence-corrected chi connectivity index (χ0v) is 9.69. The molecule has 0 aliphatic carbocycles. The number of hydrogen-bond donors (Lipinski definition) is 1. The van der Waals surface area contributed by atoms with Gasteiger partial charge in [-0.2, -0.15) is 0 Å². The summed E-state index contributed by atoms with van der Waals surface area (Å²) in [6.07, 6.45) is 3.31. The zero-order chi connectivity index (χ0) is 9.42. The van der Waals surface area contributed by atoms with Gasteiger partial charge < -0.3 is 9.72 Å². The van der Waals surface area contributed by atoms with E-state index in [2.05, 4.69) is 26.2 Å². The Kier molecular flexibility index (Phi) is 3.34. The molecular formula is C8H8BrClFN3. The molecule has 0 aliphatic rings. The lowest BCUT2D eigenvalue weighted by molar-refractivity contribution is 0.627. The highest BCUT2D eigenvalue weighted by molar-refractivity contribution is 9.10. The second-order valence-corrected chi connectivity index (χ2v) is 3.43. The van der Waals surface area contributed by atoms with Gasteiger partial charge in [0.2, 0.25) is 0 Å². The molecule has 2 aromatic heterocycles. The maximum atomic E-state index is 13.5. The third kappa shape index (κ3) is 1.57. The van der Waals surface area contributed by atoms with Crippen molar-refractivity contribution in [2.24, 2.45) is 0 Å². The molecule has 1 N–H and O–H groups in total. The molecule has 0 atom stereocenters. The quantitative estimate of drug-likeness (QED) is 0.870. The molecule has 6 heteroatoms. The van der Waals surface area contributed by atoms with Crippen molar-refractivity contribution < 1.29 is 4.39 Å². The smallest absolute Gasteiger partial charge is 0.165 e. The van der Waals surface area contributed by atoms with Crippen LogP contribution in [0.3, 0.4) is 0 Å². The molecule has 0 aliphatic heterocycles. The number of rotatable bonds is 1. The number of imidazole rings is 1. The van der Waals surface area contributed by atoms with E-state index >= 15 is 0 Å². The van der Waals surface area contributed by atoms with E-state index in [1.807, 2.05) is 0 Å². The third-order valence-corrected chi connectivity index (χ3v) is 2.44. The fourth-order valence-electron chi connectivity index (χ4n) is 1.21. The van der Waals surface area contributed by atoms with Gasteiger partial charge in [-0.05, 0) is 22.0 Å². The predicted molar refractivity (Wildman–Crippen MR) is 59.6 cm³/mol. The van der Waals surface area contributed by atoms with Gasteiger partial charge in [-0.15, -0.1) is 12.4 Å². The van der Waals surface area contributed by atoms with Crippen molar-refractivity contribution in [1.82, 2.24) is 9.38 Å². The molecule has 0 amide bonds. The van der Waals surface area contributed by atoms with E-state index in [1.165, 1.54) is 0 Å². The van der Waals surface area contributed by atoms with Crippen molar-refractivity contribution in [2.45, 2.75) is 0 Å². The minimum atomic E-state index is -0.302. The Morgan fingerprint density at radius 2 is 2.29 bits per heavy atom. The van der Waals surface area contributed by atoms with Crippen molar-refractivity contribution in [3.05, 3.63) is 28.9 Å². The van der Waals surface area contributed by atoms with Gasteiger partial charge in [0.25, 0.3) is 0 Å². The van der Waals surface area contributed by atoms with E-state index in [4.69, 9.17) is 0 Å². The molecule has 0 saturated carbocycles. The molecule has 0 unspecified atom stereocenters. The van der Waals surface area contributed by atoms with Crippen molar-refractivity contribution in [3.8, 4) is 0 Å². The molecule has 0 aromatic carbocycles. The van der Waals surface area contributed by atoms with Crippen molar-refractivity contribution in [2.75, 3.05) is 12.4 Å². The number of hydrogen-bond acceptors (Lipinski definition) is 2. The Labute approximate surface area is 94.9 Å². The first-order valence-electron chi connectivity index (χ1n) is 3.72. The second kappa shape index (κ2) is 4.14. The first kappa shape index (κ1) is 11.3. The van der Waals surface area contributed by atoms with Gasteiger partial charge >= 0.3 is 0 Å². The summed E-state index contributed by atoms with van der Waals surface area (Å²) >= 11 is 3.12. The maximum absolute atomic E-state index is 13.5. The summed E-state index contributed by atoms with van der Waals surface area (Å²) in [6, 6.07) is 1.64. The fourth-order valence-corrected chi connectivity index (χ4v) is 1.51. The molecule has 2 rings (SSSR count). The zero-order valence-electron chi connectivity index (χ0n) is 7.29. The number of fused-ring (bicyclic) bond motifs is 1. The van der Waals surface area contributed by atoms with Gasteiger partial charge in [-0.3, -0.25) is 0 Å². The van der Waals surface area contributed by atoms with Crippen LogP contribution < -0.4 is 5.32 Å². The lowest BCUT2D eigenvalue weighted by atomic mass is 10.4. The molecule has 0 fully saturated rings. The van der Waals surface area contributed by atoms with Crippen LogP contribution in [-0.4, -0.2) is 16.4 Å². The topological polar surface area (TPSA) is 29.3 Å². The molecular weight excluding hydrogens is 272 g/mol. The van der Waals surface area contributed by atoms with Crippen LogP contribution in [0.2, 0.25) is 0 Å². The Balaban J connectivity index is 0.000000980. The van der Waals surface area contributed by atoms with Gasteiger partial charge in [-0.1, -0.05) is 0 Å². The number of pyridine rings is 1. The summed E-state index contributed by atoms with van der Waals surface area (Å²) < 4.78 is 15.6. The molecule has 2 heterocycles. The van der Waals surface area contributed by atoms with Gasteiger partial charge in [0, 0.05) is 13.2 Å². The Morgan fingerprint density at radius 1 is 1.57 bits per heavy atom. The third-order valence-electron chi connectivity index (χ3n) is 1.83. The summed E-state index contributed by atoms with van der Waals surface area (Å²) in [5.41, 5.74) is 0.455. The average molecular weight is 281 g/mol. The van der Waals surface area contributed by atoms with Crippen LogP contribution in [0.4, 0.5) is 10.2 Å². The molecule has 2 aromatic rings. The lowest BCUT2D eigenvalue weighted by Crippen LogP contribution is -1.92. The van der Waals surface area contributed by atoms with Gasteiger partial charge in [0.15, 0.2) is 11.6 Å². The molecule has 0 spiro atoms. The minimum absolute atomic E-state index is 0. The van der Waals surface area contributed by atoms with E-state index in [0.29, 0.717) is 15.8 Å². The standard InChI is InChI=1S/C8H7BrFN3.ClH/c1-11-8-7-6(10)5(9)2-3-13(7)4-12-8;/h2-4,11H,1H3;1H. The monoisotopic (exact) mass is 279 g/mol. The SMILES string of the molecule is CNc1ncn2ccc(Br)c(F)c12.Cl. The highest BCUT2D eigenvalue weighted by Crippen LogP contribution is 2.24. The number of halogens is 3.